The van der Waals surface area contributed by atoms with Gasteiger partial charge in [-0.25, -0.2) is 5.06 Å². The fraction of sp³-hybridized carbons (Fsp3) is 0.571. The normalized spacial score (nSPS) is 8.45. The Labute approximate surface area is 72.7 Å². The predicted molar refractivity (Wildman–Crippen MR) is 48.8 cm³/mol. The lowest BCUT2D eigenvalue weighted by atomic mass is 10.7. The molecule has 0 radical (unpaired) electrons. The number of rotatable bonds is 3. The fourth-order valence-electron chi connectivity index (χ4n) is 0.490. The summed E-state index contributed by atoms with van der Waals surface area (Å²) in [7, 11) is 1.73. The predicted octanol–water partition coefficient (Wildman–Crippen LogP) is 0.377. The van der Waals surface area contributed by atoms with Crippen molar-refractivity contribution in [1.82, 2.24) is 10.4 Å². The Morgan fingerprint density at radius 2 is 2.45 bits per heavy atom. The van der Waals surface area contributed by atoms with E-state index in [9.17, 15) is 0 Å². The molecule has 0 spiro atoms. The highest BCUT2D eigenvalue weighted by Crippen LogP contribution is 1.85. The molecule has 11 heavy (non-hydrogen) atoms. The minimum Gasteiger partial charge on any atom is -0.350 e. The van der Waals surface area contributed by atoms with E-state index in [0.29, 0.717) is 18.3 Å². The first kappa shape index (κ1) is 10.2. The molecule has 0 saturated carbocycles. The van der Waals surface area contributed by atoms with Crippen molar-refractivity contribution in [3.63, 3.8) is 0 Å². The number of terminal acetylenes is 1. The summed E-state index contributed by atoms with van der Waals surface area (Å²) in [6, 6.07) is 0. The summed E-state index contributed by atoms with van der Waals surface area (Å²) in [5.41, 5.74) is 0. The van der Waals surface area contributed by atoms with Crippen LogP contribution in [0.15, 0.2) is 0 Å². The third-order valence-electron chi connectivity index (χ3n) is 0.950. The van der Waals surface area contributed by atoms with E-state index in [4.69, 9.17) is 23.5 Å². The summed E-state index contributed by atoms with van der Waals surface area (Å²) in [6.45, 7) is 2.91. The summed E-state index contributed by atoms with van der Waals surface area (Å²) in [5.74, 6) is 2.41. The standard InChI is InChI=1S/C7H12N2OS/c1-4-6-8-7(11)9(3)10-5-2/h1H,5-6H2,2-3H3,(H,8,11). The van der Waals surface area contributed by atoms with Crippen LogP contribution in [0.5, 0.6) is 0 Å². The van der Waals surface area contributed by atoms with E-state index in [1.54, 1.807) is 7.05 Å². The van der Waals surface area contributed by atoms with Gasteiger partial charge in [0.15, 0.2) is 5.11 Å². The molecule has 0 aliphatic carbocycles. The summed E-state index contributed by atoms with van der Waals surface area (Å²) < 4.78 is 0. The second-order valence-corrected chi connectivity index (χ2v) is 2.16. The number of nitrogens with zero attached hydrogens (tertiary/aromatic N) is 1. The summed E-state index contributed by atoms with van der Waals surface area (Å²) in [6.07, 6.45) is 5.02. The molecule has 0 atom stereocenters. The van der Waals surface area contributed by atoms with Gasteiger partial charge in [-0.15, -0.1) is 6.42 Å². The third-order valence-corrected chi connectivity index (χ3v) is 1.35. The van der Waals surface area contributed by atoms with Crippen molar-refractivity contribution in [3.05, 3.63) is 0 Å². The lowest BCUT2D eigenvalue weighted by Gasteiger charge is -2.18. The first-order chi connectivity index (χ1) is 5.22. The molecule has 3 nitrogen and oxygen atoms in total. The highest BCUT2D eigenvalue weighted by Gasteiger charge is 2.00. The molecule has 0 aromatic carbocycles. The van der Waals surface area contributed by atoms with Gasteiger partial charge < -0.3 is 5.32 Å². The minimum absolute atomic E-state index is 0.427. The Kier molecular flexibility index (Phi) is 5.53. The first-order valence-corrected chi connectivity index (χ1v) is 3.71. The van der Waals surface area contributed by atoms with Gasteiger partial charge in [0.2, 0.25) is 0 Å². The van der Waals surface area contributed by atoms with Crippen molar-refractivity contribution in [1.29, 1.82) is 0 Å². The molecule has 0 unspecified atom stereocenters. The van der Waals surface area contributed by atoms with E-state index in [0.717, 1.165) is 0 Å². The third kappa shape index (κ3) is 4.59. The lowest BCUT2D eigenvalue weighted by Crippen LogP contribution is -2.37. The van der Waals surface area contributed by atoms with Crippen molar-refractivity contribution in [2.45, 2.75) is 6.92 Å². The van der Waals surface area contributed by atoms with Crippen molar-refractivity contribution < 1.29 is 4.84 Å². The van der Waals surface area contributed by atoms with Gasteiger partial charge >= 0.3 is 0 Å². The molecule has 0 saturated heterocycles. The molecule has 0 aromatic heterocycles. The summed E-state index contributed by atoms with van der Waals surface area (Å²) in [5, 5.41) is 4.80. The second-order valence-electron chi connectivity index (χ2n) is 1.78. The maximum Gasteiger partial charge on any atom is 0.193 e. The Bertz CT molecular complexity index is 164. The Morgan fingerprint density at radius 1 is 1.82 bits per heavy atom. The molecular weight excluding hydrogens is 160 g/mol. The Hall–Kier alpha value is -0.790. The number of nitrogens with one attached hydrogen (secondary N) is 1. The van der Waals surface area contributed by atoms with E-state index in [1.807, 2.05) is 6.92 Å². The van der Waals surface area contributed by atoms with Gasteiger partial charge in [0.1, 0.15) is 0 Å². The molecule has 0 aliphatic rings. The molecule has 0 bridgehead atoms. The van der Waals surface area contributed by atoms with Crippen LogP contribution >= 0.6 is 12.2 Å². The maximum atomic E-state index is 5.06. The highest BCUT2D eigenvalue weighted by atomic mass is 32.1. The Morgan fingerprint density at radius 3 is 2.91 bits per heavy atom. The summed E-state index contributed by atoms with van der Waals surface area (Å²) >= 11 is 4.90. The largest absolute Gasteiger partial charge is 0.350 e. The van der Waals surface area contributed by atoms with Gasteiger partial charge in [-0.2, -0.15) is 0 Å². The minimum atomic E-state index is 0.427. The molecular formula is C7H12N2OS. The highest BCUT2D eigenvalue weighted by molar-refractivity contribution is 7.80. The van der Waals surface area contributed by atoms with E-state index in [-0.39, 0.29) is 0 Å². The topological polar surface area (TPSA) is 24.5 Å². The lowest BCUT2D eigenvalue weighted by molar-refractivity contribution is -0.0730. The van der Waals surface area contributed by atoms with Crippen LogP contribution < -0.4 is 5.32 Å². The SMILES string of the molecule is C#CCNC(=S)N(C)OCC. The van der Waals surface area contributed by atoms with Crippen molar-refractivity contribution in [2.75, 3.05) is 20.2 Å². The Balaban J connectivity index is 3.57. The molecule has 0 amide bonds. The molecule has 62 valence electrons. The molecule has 1 N–H and O–H groups in total. The van der Waals surface area contributed by atoms with Crippen LogP contribution in [0.25, 0.3) is 0 Å². The van der Waals surface area contributed by atoms with Gasteiger partial charge in [0.25, 0.3) is 0 Å². The number of hydroxylamine groups is 2. The zero-order valence-corrected chi connectivity index (χ0v) is 7.57. The van der Waals surface area contributed by atoms with Crippen molar-refractivity contribution in [3.8, 4) is 12.3 Å². The van der Waals surface area contributed by atoms with Crippen LogP contribution in [0.2, 0.25) is 0 Å². The van der Waals surface area contributed by atoms with Gasteiger partial charge in [-0.05, 0) is 19.1 Å². The van der Waals surface area contributed by atoms with Crippen molar-refractivity contribution in [2.24, 2.45) is 0 Å². The maximum absolute atomic E-state index is 5.06. The number of hydrogen-bond donors (Lipinski definition) is 1. The molecule has 0 fully saturated rings. The van der Waals surface area contributed by atoms with Crippen LogP contribution in [0.1, 0.15) is 6.92 Å². The quantitative estimate of drug-likeness (QED) is 0.378. The molecule has 0 rings (SSSR count). The van der Waals surface area contributed by atoms with E-state index in [1.165, 1.54) is 5.06 Å². The smallest absolute Gasteiger partial charge is 0.193 e. The molecule has 0 aliphatic heterocycles. The average molecular weight is 172 g/mol. The average Bonchev–Trinajstić information content (AvgIpc) is 2.00. The van der Waals surface area contributed by atoms with Crippen LogP contribution in [-0.2, 0) is 4.84 Å². The molecule has 0 aromatic rings. The van der Waals surface area contributed by atoms with Crippen LogP contribution in [0.3, 0.4) is 0 Å². The van der Waals surface area contributed by atoms with Crippen molar-refractivity contribution >= 4 is 17.3 Å². The van der Waals surface area contributed by atoms with Gasteiger partial charge in [-0.3, -0.25) is 4.84 Å². The zero-order valence-electron chi connectivity index (χ0n) is 6.76. The first-order valence-electron chi connectivity index (χ1n) is 3.30. The number of hydrogen-bond acceptors (Lipinski definition) is 2. The summed E-state index contributed by atoms with van der Waals surface area (Å²) in [4.78, 5) is 5.06. The molecule has 4 heteroatoms. The van der Waals surface area contributed by atoms with Gasteiger partial charge in [-0.1, -0.05) is 5.92 Å². The van der Waals surface area contributed by atoms with Crippen LogP contribution in [-0.4, -0.2) is 30.4 Å². The fourth-order valence-corrected chi connectivity index (χ4v) is 0.615. The number of thiocarbonyl (C=S) groups is 1. The van der Waals surface area contributed by atoms with Crippen LogP contribution in [0, 0.1) is 12.3 Å². The second kappa shape index (κ2) is 5.96. The van der Waals surface area contributed by atoms with E-state index in [2.05, 4.69) is 11.2 Å². The monoisotopic (exact) mass is 172 g/mol. The molecule has 0 heterocycles. The zero-order chi connectivity index (χ0) is 8.69. The van der Waals surface area contributed by atoms with Gasteiger partial charge in [0, 0.05) is 7.05 Å². The van der Waals surface area contributed by atoms with Gasteiger partial charge in [0.05, 0.1) is 13.2 Å². The van der Waals surface area contributed by atoms with E-state index >= 15 is 0 Å². The van der Waals surface area contributed by atoms with E-state index < -0.39 is 0 Å². The van der Waals surface area contributed by atoms with Crippen LogP contribution in [0.4, 0.5) is 0 Å².